The van der Waals surface area contributed by atoms with Crippen LogP contribution in [0.3, 0.4) is 0 Å². The first-order valence-electron chi connectivity index (χ1n) is 6.60. The van der Waals surface area contributed by atoms with Crippen LogP contribution in [0.25, 0.3) is 0 Å². The van der Waals surface area contributed by atoms with Gasteiger partial charge in [0.1, 0.15) is 5.01 Å². The van der Waals surface area contributed by atoms with Crippen LogP contribution in [0.15, 0.2) is 18.5 Å². The van der Waals surface area contributed by atoms with E-state index < -0.39 is 0 Å². The molecule has 0 saturated carbocycles. The van der Waals surface area contributed by atoms with E-state index in [2.05, 4.69) is 20.7 Å². The smallest absolute Gasteiger partial charge is 0.321 e. The van der Waals surface area contributed by atoms with Crippen molar-refractivity contribution in [2.45, 2.75) is 26.4 Å². The third kappa shape index (κ3) is 4.54. The van der Waals surface area contributed by atoms with Crippen molar-refractivity contribution in [3.63, 3.8) is 0 Å². The van der Waals surface area contributed by atoms with E-state index in [-0.39, 0.29) is 12.1 Å². The minimum Gasteiger partial charge on any atom is -0.383 e. The molecular weight excluding hydrogens is 290 g/mol. The Labute approximate surface area is 127 Å². The maximum Gasteiger partial charge on any atom is 0.321 e. The second-order valence-corrected chi connectivity index (χ2v) is 5.85. The lowest BCUT2D eigenvalue weighted by Gasteiger charge is -2.11. The second-order valence-electron chi connectivity index (χ2n) is 4.59. The fourth-order valence-electron chi connectivity index (χ4n) is 1.72. The number of nitrogens with one attached hydrogen (secondary N) is 2. The molecule has 2 aromatic rings. The lowest BCUT2D eigenvalue weighted by atomic mass is 10.4. The van der Waals surface area contributed by atoms with Crippen LogP contribution >= 0.6 is 11.3 Å². The number of thiazole rings is 1. The fourth-order valence-corrected chi connectivity index (χ4v) is 2.50. The molecule has 0 saturated heterocycles. The molecule has 2 aromatic heterocycles. The number of ether oxygens (including phenoxy) is 1. The average Bonchev–Trinajstić information content (AvgIpc) is 3.05. The third-order valence-electron chi connectivity index (χ3n) is 2.76. The molecule has 0 aliphatic heterocycles. The van der Waals surface area contributed by atoms with Crippen molar-refractivity contribution in [2.75, 3.05) is 19.0 Å². The molecule has 0 aromatic carbocycles. The molecule has 0 aliphatic carbocycles. The average molecular weight is 309 g/mol. The van der Waals surface area contributed by atoms with Gasteiger partial charge < -0.3 is 10.1 Å². The van der Waals surface area contributed by atoms with Gasteiger partial charge in [-0.1, -0.05) is 0 Å². The largest absolute Gasteiger partial charge is 0.383 e. The summed E-state index contributed by atoms with van der Waals surface area (Å²) in [4.78, 5) is 17.3. The number of methoxy groups -OCH3 is 1. The van der Waals surface area contributed by atoms with Crippen LogP contribution in [0.2, 0.25) is 0 Å². The molecule has 0 spiro atoms. The third-order valence-corrected chi connectivity index (χ3v) is 3.86. The fraction of sp³-hybridized carbons (Fsp3) is 0.462. The standard InChI is InChI=1S/C13H19N5O2S/c1-9-8-14-12(21-9)10(2)15-13(19)16-11-4-5-18(17-11)6-7-20-3/h4-5,8,10H,6-7H2,1-3H3,(H2,15,16,17,19)/t10-/m0/s1. The molecule has 114 valence electrons. The highest BCUT2D eigenvalue weighted by Crippen LogP contribution is 2.18. The Bertz CT molecular complexity index is 595. The SMILES string of the molecule is COCCn1ccc(NC(=O)N[C@@H](C)c2ncc(C)s2)n1. The molecule has 2 amide bonds. The Morgan fingerprint density at radius 1 is 1.57 bits per heavy atom. The zero-order chi connectivity index (χ0) is 15.2. The quantitative estimate of drug-likeness (QED) is 0.857. The number of aromatic nitrogens is 3. The van der Waals surface area contributed by atoms with E-state index in [4.69, 9.17) is 4.74 Å². The highest BCUT2D eigenvalue weighted by atomic mass is 32.1. The summed E-state index contributed by atoms with van der Waals surface area (Å²) in [5, 5.41) is 10.6. The first-order valence-corrected chi connectivity index (χ1v) is 7.42. The lowest BCUT2D eigenvalue weighted by Crippen LogP contribution is -2.31. The first kappa shape index (κ1) is 15.5. The van der Waals surface area contributed by atoms with Crippen molar-refractivity contribution in [1.82, 2.24) is 20.1 Å². The van der Waals surface area contributed by atoms with E-state index in [0.717, 1.165) is 9.88 Å². The van der Waals surface area contributed by atoms with Crippen LogP contribution in [0.4, 0.5) is 10.6 Å². The van der Waals surface area contributed by atoms with Crippen LogP contribution in [0.5, 0.6) is 0 Å². The molecule has 0 aliphatic rings. The van der Waals surface area contributed by atoms with Crippen molar-refractivity contribution in [2.24, 2.45) is 0 Å². The van der Waals surface area contributed by atoms with Gasteiger partial charge in [0, 0.05) is 30.4 Å². The van der Waals surface area contributed by atoms with Gasteiger partial charge >= 0.3 is 6.03 Å². The number of hydrogen-bond donors (Lipinski definition) is 2. The minimum atomic E-state index is -0.299. The molecule has 1 atom stereocenters. The number of nitrogens with zero attached hydrogens (tertiary/aromatic N) is 3. The molecule has 7 nitrogen and oxygen atoms in total. The van der Waals surface area contributed by atoms with Crippen molar-refractivity contribution >= 4 is 23.2 Å². The van der Waals surface area contributed by atoms with Gasteiger partial charge in [0.15, 0.2) is 5.82 Å². The summed E-state index contributed by atoms with van der Waals surface area (Å²) in [6.45, 7) is 5.11. The summed E-state index contributed by atoms with van der Waals surface area (Å²) in [6.07, 6.45) is 3.59. The van der Waals surface area contributed by atoms with Gasteiger partial charge in [0.25, 0.3) is 0 Å². The Morgan fingerprint density at radius 2 is 2.38 bits per heavy atom. The number of anilines is 1. The molecule has 2 N–H and O–H groups in total. The lowest BCUT2D eigenvalue weighted by molar-refractivity contribution is 0.183. The van der Waals surface area contributed by atoms with Crippen molar-refractivity contribution in [1.29, 1.82) is 0 Å². The van der Waals surface area contributed by atoms with E-state index in [1.54, 1.807) is 41.6 Å². The molecule has 0 fully saturated rings. The Morgan fingerprint density at radius 3 is 3.05 bits per heavy atom. The van der Waals surface area contributed by atoms with E-state index in [0.29, 0.717) is 19.0 Å². The monoisotopic (exact) mass is 309 g/mol. The maximum absolute atomic E-state index is 11.9. The summed E-state index contributed by atoms with van der Waals surface area (Å²) in [6, 6.07) is 1.31. The number of rotatable bonds is 6. The maximum atomic E-state index is 11.9. The van der Waals surface area contributed by atoms with Gasteiger partial charge in [0.05, 0.1) is 19.2 Å². The van der Waals surface area contributed by atoms with Crippen LogP contribution in [0, 0.1) is 6.92 Å². The Balaban J connectivity index is 1.85. The molecule has 0 unspecified atom stereocenters. The topological polar surface area (TPSA) is 81.1 Å². The van der Waals surface area contributed by atoms with Crippen LogP contribution < -0.4 is 10.6 Å². The summed E-state index contributed by atoms with van der Waals surface area (Å²) in [5.41, 5.74) is 0. The first-order chi connectivity index (χ1) is 10.1. The summed E-state index contributed by atoms with van der Waals surface area (Å²) in [7, 11) is 1.64. The zero-order valence-electron chi connectivity index (χ0n) is 12.3. The van der Waals surface area contributed by atoms with Gasteiger partial charge in [-0.2, -0.15) is 5.10 Å². The minimum absolute atomic E-state index is 0.140. The number of carbonyl (C=O) groups is 1. The highest BCUT2D eigenvalue weighted by molar-refractivity contribution is 7.11. The molecular formula is C13H19N5O2S. The Kier molecular flexibility index (Phi) is 5.29. The number of hydrogen-bond acceptors (Lipinski definition) is 5. The van der Waals surface area contributed by atoms with Crippen LogP contribution in [0.1, 0.15) is 22.9 Å². The van der Waals surface area contributed by atoms with E-state index in [1.165, 1.54) is 0 Å². The predicted molar refractivity (Wildman–Crippen MR) is 81.5 cm³/mol. The van der Waals surface area contributed by atoms with E-state index >= 15 is 0 Å². The number of carbonyl (C=O) groups excluding carboxylic acids is 1. The van der Waals surface area contributed by atoms with Gasteiger partial charge in [-0.3, -0.25) is 10.00 Å². The number of amides is 2. The van der Waals surface area contributed by atoms with E-state index in [9.17, 15) is 4.79 Å². The summed E-state index contributed by atoms with van der Waals surface area (Å²) >= 11 is 1.57. The number of aryl methyl sites for hydroxylation is 1. The zero-order valence-corrected chi connectivity index (χ0v) is 13.1. The molecule has 0 bridgehead atoms. The summed E-state index contributed by atoms with van der Waals surface area (Å²) in [5.74, 6) is 0.506. The van der Waals surface area contributed by atoms with Gasteiger partial charge in [-0.15, -0.1) is 11.3 Å². The second kappa shape index (κ2) is 7.19. The van der Waals surface area contributed by atoms with Gasteiger partial charge in [-0.05, 0) is 13.8 Å². The highest BCUT2D eigenvalue weighted by Gasteiger charge is 2.13. The van der Waals surface area contributed by atoms with Crippen molar-refractivity contribution in [3.05, 3.63) is 28.3 Å². The molecule has 0 radical (unpaired) electrons. The van der Waals surface area contributed by atoms with Crippen LogP contribution in [-0.2, 0) is 11.3 Å². The van der Waals surface area contributed by atoms with Crippen LogP contribution in [-0.4, -0.2) is 34.5 Å². The van der Waals surface area contributed by atoms with E-state index in [1.807, 2.05) is 13.8 Å². The Hall–Kier alpha value is -1.93. The predicted octanol–water partition coefficient (Wildman–Crippen LogP) is 2.18. The van der Waals surface area contributed by atoms with Gasteiger partial charge in [-0.25, -0.2) is 9.78 Å². The van der Waals surface area contributed by atoms with Crippen molar-refractivity contribution < 1.29 is 9.53 Å². The molecule has 21 heavy (non-hydrogen) atoms. The number of urea groups is 1. The molecule has 2 heterocycles. The molecule has 2 rings (SSSR count). The normalized spacial score (nSPS) is 12.1. The molecule has 8 heteroatoms. The van der Waals surface area contributed by atoms with Crippen molar-refractivity contribution in [3.8, 4) is 0 Å². The summed E-state index contributed by atoms with van der Waals surface area (Å²) < 4.78 is 6.69. The van der Waals surface area contributed by atoms with Gasteiger partial charge in [0.2, 0.25) is 0 Å².